The van der Waals surface area contributed by atoms with Crippen molar-refractivity contribution in [2.45, 2.75) is 30.8 Å². The van der Waals surface area contributed by atoms with Crippen LogP contribution >= 0.6 is 11.6 Å². The normalized spacial score (nSPS) is 27.6. The second-order valence-electron chi connectivity index (χ2n) is 4.30. The second kappa shape index (κ2) is 6.50. The highest BCUT2D eigenvalue weighted by Gasteiger charge is 2.36. The summed E-state index contributed by atoms with van der Waals surface area (Å²) in [6.07, 6.45) is -1.72. The van der Waals surface area contributed by atoms with E-state index in [0.717, 1.165) is 11.1 Å². The third-order valence-electron chi connectivity index (χ3n) is 3.13. The lowest BCUT2D eigenvalue weighted by molar-refractivity contribution is -0.0341. The van der Waals surface area contributed by atoms with Crippen LogP contribution in [0.15, 0.2) is 24.3 Å². The fourth-order valence-electron chi connectivity index (χ4n) is 1.99. The standard InChI is InChI=1S/C13H17ClO4/c14-5-9-3-1-2-4-10(9)7-17-12-8-18-11(6-15)13(12)16/h1-4,11-13,15-16H,5-8H2/t11-,12+,13-/m1/s1. The molecular formula is C13H17ClO4. The predicted molar refractivity (Wildman–Crippen MR) is 67.4 cm³/mol. The van der Waals surface area contributed by atoms with E-state index in [0.29, 0.717) is 19.1 Å². The minimum absolute atomic E-state index is 0.195. The lowest BCUT2D eigenvalue weighted by Crippen LogP contribution is -2.34. The lowest BCUT2D eigenvalue weighted by atomic mass is 10.1. The summed E-state index contributed by atoms with van der Waals surface area (Å²) >= 11 is 5.84. The summed E-state index contributed by atoms with van der Waals surface area (Å²) in [7, 11) is 0. The maximum atomic E-state index is 9.82. The van der Waals surface area contributed by atoms with Gasteiger partial charge in [0.1, 0.15) is 18.3 Å². The Kier molecular flexibility index (Phi) is 4.97. The third-order valence-corrected chi connectivity index (χ3v) is 3.42. The summed E-state index contributed by atoms with van der Waals surface area (Å²) in [6, 6.07) is 7.75. The molecular weight excluding hydrogens is 256 g/mol. The summed E-state index contributed by atoms with van der Waals surface area (Å²) in [6.45, 7) is 0.487. The van der Waals surface area contributed by atoms with E-state index in [9.17, 15) is 5.11 Å². The SMILES string of the molecule is OC[C@H]1OC[C@H](OCc2ccccc2CCl)[C@@H]1O. The van der Waals surface area contributed by atoms with Crippen LogP contribution < -0.4 is 0 Å². The highest BCUT2D eigenvalue weighted by Crippen LogP contribution is 2.20. The van der Waals surface area contributed by atoms with Crippen molar-refractivity contribution in [1.29, 1.82) is 0 Å². The highest BCUT2D eigenvalue weighted by atomic mass is 35.5. The van der Waals surface area contributed by atoms with Gasteiger partial charge in [-0.25, -0.2) is 0 Å². The minimum atomic E-state index is -0.779. The van der Waals surface area contributed by atoms with Crippen LogP contribution in [0.1, 0.15) is 11.1 Å². The molecule has 18 heavy (non-hydrogen) atoms. The summed E-state index contributed by atoms with van der Waals surface area (Å²) in [4.78, 5) is 0. The Hall–Kier alpha value is -0.650. The van der Waals surface area contributed by atoms with Crippen molar-refractivity contribution in [2.75, 3.05) is 13.2 Å². The van der Waals surface area contributed by atoms with Crippen LogP contribution in [-0.4, -0.2) is 41.7 Å². The molecule has 100 valence electrons. The van der Waals surface area contributed by atoms with Crippen LogP contribution in [0, 0.1) is 0 Å². The van der Waals surface area contributed by atoms with Gasteiger partial charge in [0.15, 0.2) is 0 Å². The molecule has 0 aromatic heterocycles. The van der Waals surface area contributed by atoms with Gasteiger partial charge in [-0.15, -0.1) is 11.6 Å². The van der Waals surface area contributed by atoms with Gasteiger partial charge in [-0.05, 0) is 11.1 Å². The molecule has 2 rings (SSSR count). The predicted octanol–water partition coefficient (Wildman–Crippen LogP) is 1.06. The van der Waals surface area contributed by atoms with Gasteiger partial charge >= 0.3 is 0 Å². The second-order valence-corrected chi connectivity index (χ2v) is 4.56. The zero-order chi connectivity index (χ0) is 13.0. The van der Waals surface area contributed by atoms with E-state index in [2.05, 4.69) is 0 Å². The summed E-state index contributed by atoms with van der Waals surface area (Å²) < 4.78 is 10.9. The molecule has 1 fully saturated rings. The molecule has 1 aliphatic rings. The first-order valence-corrected chi connectivity index (χ1v) is 6.44. The van der Waals surface area contributed by atoms with Crippen molar-refractivity contribution in [3.63, 3.8) is 0 Å². The van der Waals surface area contributed by atoms with Crippen molar-refractivity contribution < 1.29 is 19.7 Å². The van der Waals surface area contributed by atoms with Crippen molar-refractivity contribution >= 4 is 11.6 Å². The number of hydrogen-bond donors (Lipinski definition) is 2. The molecule has 1 aromatic carbocycles. The molecule has 1 heterocycles. The Bertz CT molecular complexity index is 385. The van der Waals surface area contributed by atoms with Gasteiger partial charge in [-0.3, -0.25) is 0 Å². The fraction of sp³-hybridized carbons (Fsp3) is 0.538. The van der Waals surface area contributed by atoms with E-state index >= 15 is 0 Å². The van der Waals surface area contributed by atoms with E-state index in [1.165, 1.54) is 0 Å². The molecule has 0 amide bonds. The summed E-state index contributed by atoms with van der Waals surface area (Å²) in [5, 5.41) is 18.8. The Morgan fingerprint density at radius 2 is 2.06 bits per heavy atom. The number of halogens is 1. The van der Waals surface area contributed by atoms with Crippen molar-refractivity contribution in [3.8, 4) is 0 Å². The Morgan fingerprint density at radius 1 is 1.33 bits per heavy atom. The molecule has 0 spiro atoms. The number of alkyl halides is 1. The summed E-state index contributed by atoms with van der Waals surface area (Å²) in [5.74, 6) is 0.433. The van der Waals surface area contributed by atoms with Gasteiger partial charge in [0, 0.05) is 5.88 Å². The number of aliphatic hydroxyl groups is 2. The van der Waals surface area contributed by atoms with Crippen LogP contribution in [0.25, 0.3) is 0 Å². The zero-order valence-electron chi connectivity index (χ0n) is 9.96. The Morgan fingerprint density at radius 3 is 2.67 bits per heavy atom. The van der Waals surface area contributed by atoms with Gasteiger partial charge in [0.05, 0.1) is 19.8 Å². The number of hydrogen-bond acceptors (Lipinski definition) is 4. The van der Waals surface area contributed by atoms with Gasteiger partial charge in [-0.2, -0.15) is 0 Å². The van der Waals surface area contributed by atoms with E-state index in [1.807, 2.05) is 24.3 Å². The molecule has 0 aliphatic carbocycles. The molecule has 3 atom stereocenters. The average Bonchev–Trinajstić information content (AvgIpc) is 2.77. The fourth-order valence-corrected chi connectivity index (χ4v) is 2.25. The molecule has 0 bridgehead atoms. The average molecular weight is 273 g/mol. The topological polar surface area (TPSA) is 58.9 Å². The minimum Gasteiger partial charge on any atom is -0.394 e. The summed E-state index contributed by atoms with van der Waals surface area (Å²) in [5.41, 5.74) is 2.03. The molecule has 5 heteroatoms. The zero-order valence-corrected chi connectivity index (χ0v) is 10.7. The van der Waals surface area contributed by atoms with Crippen LogP contribution in [0.4, 0.5) is 0 Å². The van der Waals surface area contributed by atoms with Gasteiger partial charge in [0.25, 0.3) is 0 Å². The Balaban J connectivity index is 1.92. The van der Waals surface area contributed by atoms with Crippen LogP contribution in [0.5, 0.6) is 0 Å². The first-order chi connectivity index (χ1) is 8.76. The quantitative estimate of drug-likeness (QED) is 0.787. The molecule has 0 saturated carbocycles. The van der Waals surface area contributed by atoms with Gasteiger partial charge < -0.3 is 19.7 Å². The third kappa shape index (κ3) is 3.02. The highest BCUT2D eigenvalue weighted by molar-refractivity contribution is 6.17. The van der Waals surface area contributed by atoms with Crippen LogP contribution in [0.3, 0.4) is 0 Å². The smallest absolute Gasteiger partial charge is 0.111 e. The largest absolute Gasteiger partial charge is 0.394 e. The molecule has 0 radical (unpaired) electrons. The molecule has 1 aliphatic heterocycles. The van der Waals surface area contributed by atoms with E-state index in [4.69, 9.17) is 26.2 Å². The lowest BCUT2D eigenvalue weighted by Gasteiger charge is -2.17. The van der Waals surface area contributed by atoms with Crippen LogP contribution in [0.2, 0.25) is 0 Å². The van der Waals surface area contributed by atoms with Crippen molar-refractivity contribution in [2.24, 2.45) is 0 Å². The Labute approximate surface area is 111 Å². The number of ether oxygens (including phenoxy) is 2. The monoisotopic (exact) mass is 272 g/mol. The number of benzene rings is 1. The maximum absolute atomic E-state index is 9.82. The van der Waals surface area contributed by atoms with E-state index in [-0.39, 0.29) is 6.61 Å². The number of rotatable bonds is 5. The first-order valence-electron chi connectivity index (χ1n) is 5.91. The number of aliphatic hydroxyl groups excluding tert-OH is 2. The molecule has 0 unspecified atom stereocenters. The van der Waals surface area contributed by atoms with Crippen molar-refractivity contribution in [3.05, 3.63) is 35.4 Å². The molecule has 1 aromatic rings. The van der Waals surface area contributed by atoms with Crippen molar-refractivity contribution in [1.82, 2.24) is 0 Å². The van der Waals surface area contributed by atoms with Gasteiger partial charge in [0.2, 0.25) is 0 Å². The van der Waals surface area contributed by atoms with E-state index in [1.54, 1.807) is 0 Å². The molecule has 2 N–H and O–H groups in total. The van der Waals surface area contributed by atoms with Crippen LogP contribution in [-0.2, 0) is 22.0 Å². The molecule has 4 nitrogen and oxygen atoms in total. The van der Waals surface area contributed by atoms with E-state index < -0.39 is 18.3 Å². The molecule has 1 saturated heterocycles. The maximum Gasteiger partial charge on any atom is 0.111 e. The first kappa shape index (κ1) is 13.8. The van der Waals surface area contributed by atoms with Gasteiger partial charge in [-0.1, -0.05) is 24.3 Å².